The van der Waals surface area contributed by atoms with Gasteiger partial charge in [0.25, 0.3) is 0 Å². The normalized spacial score (nSPS) is 21.2. The Kier molecular flexibility index (Phi) is 1.95. The van der Waals surface area contributed by atoms with E-state index in [1.54, 1.807) is 0 Å². The predicted octanol–water partition coefficient (Wildman–Crippen LogP) is -0.495. The summed E-state index contributed by atoms with van der Waals surface area (Å²) in [4.78, 5) is 14.6. The molecule has 0 atom stereocenters. The van der Waals surface area contributed by atoms with Gasteiger partial charge in [0.05, 0.1) is 5.80 Å². The average Bonchev–Trinajstić information content (AvgIpc) is 1.97. The van der Waals surface area contributed by atoms with Crippen molar-refractivity contribution in [1.82, 2.24) is 0 Å². The summed E-state index contributed by atoms with van der Waals surface area (Å²) in [5.41, 5.74) is 0. The van der Waals surface area contributed by atoms with Crippen molar-refractivity contribution < 1.29 is 19.4 Å². The molecule has 0 amide bonds. The van der Waals surface area contributed by atoms with Crippen LogP contribution in [0.15, 0.2) is 12.3 Å². The summed E-state index contributed by atoms with van der Waals surface area (Å²) in [5.74, 6) is 0.948. The Morgan fingerprint density at radius 3 is 3.33 bits per heavy atom. The van der Waals surface area contributed by atoms with Gasteiger partial charge in [-0.15, -0.1) is 4.46 Å². The van der Waals surface area contributed by atoms with Gasteiger partial charge in [0, 0.05) is 6.08 Å². The summed E-state index contributed by atoms with van der Waals surface area (Å²) < 4.78 is 1.01. The molecule has 0 unspecified atom stereocenters. The zero-order chi connectivity index (χ0) is 6.69. The van der Waals surface area contributed by atoms with Crippen molar-refractivity contribution in [3.63, 3.8) is 0 Å². The van der Waals surface area contributed by atoms with Crippen molar-refractivity contribution in [2.45, 2.75) is 0 Å². The number of hydrogen-bond acceptors (Lipinski definition) is 3. The molecule has 0 aromatic rings. The maximum absolute atomic E-state index is 10.4. The Hall–Kier alpha value is -0.700. The van der Waals surface area contributed by atoms with Crippen LogP contribution in [0.4, 0.5) is 0 Å². The molecule has 0 N–H and O–H groups in total. The monoisotopic (exact) mass is 146 g/mol. The second-order valence-corrected chi connectivity index (χ2v) is 2.02. The van der Waals surface area contributed by atoms with E-state index in [4.69, 9.17) is 0 Å². The molecule has 0 aromatic heterocycles. The van der Waals surface area contributed by atoms with Crippen LogP contribution in [0, 0.1) is 0 Å². The second kappa shape index (κ2) is 2.73. The SMILES string of the molecule is O=C1C=CO[O+]([O-])P=C1. The average molecular weight is 146 g/mol. The molecule has 1 aliphatic rings. The van der Waals surface area contributed by atoms with Crippen LogP contribution in [0.1, 0.15) is 0 Å². The lowest BCUT2D eigenvalue weighted by Gasteiger charge is -2.02. The summed E-state index contributed by atoms with van der Waals surface area (Å²) >= 11 is 0. The second-order valence-electron chi connectivity index (χ2n) is 1.25. The third kappa shape index (κ3) is 1.93. The number of allylic oxidation sites excluding steroid dienone is 1. The fourth-order valence-corrected chi connectivity index (χ4v) is 0.681. The lowest BCUT2D eigenvalue weighted by Crippen LogP contribution is -2.13. The van der Waals surface area contributed by atoms with Gasteiger partial charge < -0.3 is 5.26 Å². The van der Waals surface area contributed by atoms with Crippen LogP contribution in [0.25, 0.3) is 0 Å². The Morgan fingerprint density at radius 2 is 2.56 bits per heavy atom. The molecule has 0 aliphatic carbocycles. The molecule has 0 aromatic carbocycles. The van der Waals surface area contributed by atoms with Gasteiger partial charge in [-0.05, 0) is 0 Å². The molecule has 48 valence electrons. The number of carbonyl (C=O) groups is 1. The van der Waals surface area contributed by atoms with Crippen LogP contribution in [0.3, 0.4) is 0 Å². The molecular weight excluding hydrogens is 143 g/mol. The maximum Gasteiger partial charge on any atom is 0.347 e. The molecule has 9 heavy (non-hydrogen) atoms. The smallest absolute Gasteiger partial charge is 0.347 e. The summed E-state index contributed by atoms with van der Waals surface area (Å²) in [6.45, 7) is 0. The van der Waals surface area contributed by atoms with E-state index < -0.39 is 0 Å². The molecule has 0 spiro atoms. The van der Waals surface area contributed by atoms with Gasteiger partial charge >= 0.3 is 8.43 Å². The van der Waals surface area contributed by atoms with Crippen molar-refractivity contribution in [1.29, 1.82) is 0 Å². The molecule has 1 rings (SSSR count). The standard InChI is InChI=1S/C4H3O4P/c5-4-1-2-7-8(6)9-3-4/h1-3H. The van der Waals surface area contributed by atoms with Crippen molar-refractivity contribution in [2.24, 2.45) is 0 Å². The van der Waals surface area contributed by atoms with E-state index in [0.717, 1.165) is 16.8 Å². The summed E-state index contributed by atoms with van der Waals surface area (Å²) in [6, 6.07) is 0. The van der Waals surface area contributed by atoms with Crippen LogP contribution in [-0.2, 0) is 14.1 Å². The van der Waals surface area contributed by atoms with Crippen LogP contribution >= 0.6 is 8.43 Å². The minimum Gasteiger partial charge on any atom is -0.465 e. The van der Waals surface area contributed by atoms with Gasteiger partial charge in [-0.2, -0.15) is 0 Å². The first-order chi connectivity index (χ1) is 4.29. The van der Waals surface area contributed by atoms with Crippen LogP contribution in [0.2, 0.25) is 0 Å². The molecule has 5 heteroatoms. The molecule has 0 fully saturated rings. The summed E-state index contributed by atoms with van der Waals surface area (Å²) in [7, 11) is 0.133. The lowest BCUT2D eigenvalue weighted by atomic mass is 10.4. The highest BCUT2D eigenvalue weighted by Gasteiger charge is 2.02. The fourth-order valence-electron chi connectivity index (χ4n) is 0.305. The number of rotatable bonds is 0. The van der Waals surface area contributed by atoms with Gasteiger partial charge in [-0.1, -0.05) is 0 Å². The van der Waals surface area contributed by atoms with E-state index in [9.17, 15) is 10.1 Å². The van der Waals surface area contributed by atoms with Gasteiger partial charge in [0.2, 0.25) is 0 Å². The Bertz CT molecular complexity index is 173. The molecule has 0 bridgehead atoms. The number of hydrogen-bond donors (Lipinski definition) is 0. The highest BCUT2D eigenvalue weighted by atomic mass is 31.1. The predicted molar refractivity (Wildman–Crippen MR) is 29.3 cm³/mol. The van der Waals surface area contributed by atoms with Gasteiger partial charge in [-0.25, -0.2) is 4.89 Å². The minimum absolute atomic E-state index is 0.133. The molecule has 0 saturated heterocycles. The Balaban J connectivity index is 2.69. The van der Waals surface area contributed by atoms with E-state index in [1.165, 1.54) is 5.80 Å². The van der Waals surface area contributed by atoms with Crippen LogP contribution < -0.4 is 5.26 Å². The van der Waals surface area contributed by atoms with Crippen molar-refractivity contribution in [3.8, 4) is 0 Å². The van der Waals surface area contributed by atoms with Gasteiger partial charge in [-0.3, -0.25) is 4.79 Å². The number of ketones is 1. The zero-order valence-corrected chi connectivity index (χ0v) is 5.21. The Morgan fingerprint density at radius 1 is 1.78 bits per heavy atom. The van der Waals surface area contributed by atoms with E-state index in [-0.39, 0.29) is 14.2 Å². The van der Waals surface area contributed by atoms with Crippen LogP contribution in [-0.4, -0.2) is 11.6 Å². The quantitative estimate of drug-likeness (QED) is 0.263. The fraction of sp³-hybridized carbons (Fsp3) is 0. The molecule has 4 nitrogen and oxygen atoms in total. The highest BCUT2D eigenvalue weighted by Crippen LogP contribution is 2.08. The maximum atomic E-state index is 10.4. The first kappa shape index (κ1) is 6.42. The molecule has 0 saturated carbocycles. The molecule has 1 aliphatic heterocycles. The van der Waals surface area contributed by atoms with E-state index >= 15 is 0 Å². The number of carbonyl (C=O) groups excluding carboxylic acids is 1. The highest BCUT2D eigenvalue weighted by molar-refractivity contribution is 7.36. The third-order valence-electron chi connectivity index (χ3n) is 0.636. The van der Waals surface area contributed by atoms with E-state index in [1.807, 2.05) is 0 Å². The minimum atomic E-state index is -0.234. The van der Waals surface area contributed by atoms with E-state index in [2.05, 4.69) is 4.89 Å². The zero-order valence-electron chi connectivity index (χ0n) is 4.31. The lowest BCUT2D eigenvalue weighted by molar-refractivity contribution is -0.835. The van der Waals surface area contributed by atoms with Crippen molar-refractivity contribution in [2.75, 3.05) is 0 Å². The molecular formula is C4H3O4P. The van der Waals surface area contributed by atoms with Crippen molar-refractivity contribution in [3.05, 3.63) is 12.3 Å². The molecule has 1 heterocycles. The topological polar surface area (TPSA) is 52.1 Å². The summed E-state index contributed by atoms with van der Waals surface area (Å²) in [6.07, 6.45) is 2.19. The summed E-state index contributed by atoms with van der Waals surface area (Å²) in [5, 5.41) is 10.2. The van der Waals surface area contributed by atoms with Crippen molar-refractivity contribution >= 4 is 20.0 Å². The first-order valence-corrected chi connectivity index (χ1v) is 3.01. The first-order valence-electron chi connectivity index (χ1n) is 2.12. The third-order valence-corrected chi connectivity index (χ3v) is 1.25. The van der Waals surface area contributed by atoms with E-state index in [0.29, 0.717) is 0 Å². The Labute approximate surface area is 52.8 Å². The molecule has 0 radical (unpaired) electrons. The largest absolute Gasteiger partial charge is 0.465 e. The van der Waals surface area contributed by atoms with Crippen LogP contribution in [0.5, 0.6) is 0 Å². The van der Waals surface area contributed by atoms with Gasteiger partial charge in [0.1, 0.15) is 0 Å². The van der Waals surface area contributed by atoms with Gasteiger partial charge in [0.15, 0.2) is 12.0 Å².